The highest BCUT2D eigenvalue weighted by Gasteiger charge is 2.32. The molecule has 0 aliphatic heterocycles. The molecule has 1 saturated carbocycles. The fourth-order valence-corrected chi connectivity index (χ4v) is 3.09. The second-order valence-electron chi connectivity index (χ2n) is 7.79. The monoisotopic (exact) mass is 321 g/mol. The Hall–Kier alpha value is -2.29. The van der Waals surface area contributed by atoms with Crippen molar-refractivity contribution in [1.82, 2.24) is 0 Å². The zero-order valence-electron chi connectivity index (χ0n) is 14.8. The quantitative estimate of drug-likeness (QED) is 0.648. The molecule has 0 aromatic heterocycles. The maximum atomic E-state index is 5.63. The summed E-state index contributed by atoms with van der Waals surface area (Å²) in [7, 11) is 0. The Bertz CT molecular complexity index is 730. The first-order valence-corrected chi connectivity index (χ1v) is 8.64. The minimum atomic E-state index is 0.0869. The van der Waals surface area contributed by atoms with Crippen LogP contribution in [0.1, 0.15) is 50.8 Å². The van der Waals surface area contributed by atoms with Crippen molar-refractivity contribution in [3.05, 3.63) is 59.7 Å². The average molecular weight is 321 g/mol. The van der Waals surface area contributed by atoms with Crippen LogP contribution in [-0.4, -0.2) is 5.96 Å². The summed E-state index contributed by atoms with van der Waals surface area (Å²) in [5.74, 6) is 0.748. The van der Waals surface area contributed by atoms with Crippen LogP contribution in [0.5, 0.6) is 0 Å². The van der Waals surface area contributed by atoms with Gasteiger partial charge < -0.3 is 11.5 Å². The van der Waals surface area contributed by atoms with E-state index in [2.05, 4.69) is 74.3 Å². The molecule has 1 fully saturated rings. The predicted molar refractivity (Wildman–Crippen MR) is 102 cm³/mol. The number of aliphatic imine (C=N–C) groups is 1. The molecule has 0 saturated heterocycles. The highest BCUT2D eigenvalue weighted by atomic mass is 15.0. The fraction of sp³-hybridized carbons (Fsp3) is 0.381. The second-order valence-corrected chi connectivity index (χ2v) is 7.79. The lowest BCUT2D eigenvalue weighted by Crippen LogP contribution is -2.24. The van der Waals surface area contributed by atoms with Gasteiger partial charge in [-0.1, -0.05) is 63.2 Å². The topological polar surface area (TPSA) is 64.4 Å². The number of hydrogen-bond acceptors (Lipinski definition) is 1. The molecule has 0 radical (unpaired) electrons. The van der Waals surface area contributed by atoms with Crippen molar-refractivity contribution >= 4 is 5.96 Å². The SMILES string of the molecule is CC(C)(C)c1ccc(-c2cccc(C(N=C(N)N)C3CC3)c2)cc1. The van der Waals surface area contributed by atoms with Gasteiger partial charge in [0.05, 0.1) is 6.04 Å². The van der Waals surface area contributed by atoms with Gasteiger partial charge in [0.1, 0.15) is 0 Å². The summed E-state index contributed by atoms with van der Waals surface area (Å²) < 4.78 is 0. The molecule has 126 valence electrons. The molecule has 3 heteroatoms. The van der Waals surface area contributed by atoms with Crippen LogP contribution in [0.3, 0.4) is 0 Å². The molecular formula is C21H27N3. The van der Waals surface area contributed by atoms with E-state index in [0.29, 0.717) is 5.92 Å². The van der Waals surface area contributed by atoms with Crippen molar-refractivity contribution in [3.8, 4) is 11.1 Å². The zero-order valence-corrected chi connectivity index (χ0v) is 14.8. The Morgan fingerprint density at radius 3 is 2.21 bits per heavy atom. The van der Waals surface area contributed by atoms with E-state index >= 15 is 0 Å². The van der Waals surface area contributed by atoms with Crippen molar-refractivity contribution in [3.63, 3.8) is 0 Å². The molecule has 1 atom stereocenters. The number of nitrogens with zero attached hydrogens (tertiary/aromatic N) is 1. The molecule has 0 spiro atoms. The van der Waals surface area contributed by atoms with E-state index in [1.165, 1.54) is 35.1 Å². The lowest BCUT2D eigenvalue weighted by Gasteiger charge is -2.19. The van der Waals surface area contributed by atoms with Crippen LogP contribution in [0.25, 0.3) is 11.1 Å². The van der Waals surface area contributed by atoms with Crippen LogP contribution in [-0.2, 0) is 5.41 Å². The Balaban J connectivity index is 1.91. The molecule has 4 N–H and O–H groups in total. The largest absolute Gasteiger partial charge is 0.370 e. The lowest BCUT2D eigenvalue weighted by molar-refractivity contribution is 0.590. The Kier molecular flexibility index (Phi) is 4.35. The molecule has 24 heavy (non-hydrogen) atoms. The van der Waals surface area contributed by atoms with Crippen LogP contribution in [0.4, 0.5) is 0 Å². The summed E-state index contributed by atoms with van der Waals surface area (Å²) in [5.41, 5.74) is 16.4. The van der Waals surface area contributed by atoms with E-state index in [1.54, 1.807) is 0 Å². The normalized spacial score (nSPS) is 15.8. The van der Waals surface area contributed by atoms with E-state index in [-0.39, 0.29) is 17.4 Å². The summed E-state index contributed by atoms with van der Waals surface area (Å²) in [5, 5.41) is 0. The Morgan fingerprint density at radius 1 is 1.00 bits per heavy atom. The summed E-state index contributed by atoms with van der Waals surface area (Å²) in [4.78, 5) is 4.46. The van der Waals surface area contributed by atoms with Gasteiger partial charge >= 0.3 is 0 Å². The molecule has 0 amide bonds. The maximum Gasteiger partial charge on any atom is 0.186 e. The van der Waals surface area contributed by atoms with Gasteiger partial charge in [0, 0.05) is 0 Å². The third-order valence-corrected chi connectivity index (χ3v) is 4.67. The lowest BCUT2D eigenvalue weighted by atomic mass is 9.86. The van der Waals surface area contributed by atoms with Gasteiger partial charge in [-0.2, -0.15) is 0 Å². The molecule has 1 aliphatic rings. The van der Waals surface area contributed by atoms with Crippen LogP contribution >= 0.6 is 0 Å². The van der Waals surface area contributed by atoms with E-state index in [1.807, 2.05) is 0 Å². The Morgan fingerprint density at radius 2 is 1.67 bits per heavy atom. The smallest absolute Gasteiger partial charge is 0.186 e. The molecule has 2 aromatic rings. The molecule has 0 bridgehead atoms. The summed E-state index contributed by atoms with van der Waals surface area (Å²) in [6.07, 6.45) is 2.40. The maximum absolute atomic E-state index is 5.63. The average Bonchev–Trinajstić information content (AvgIpc) is 3.37. The molecule has 2 aromatic carbocycles. The summed E-state index contributed by atoms with van der Waals surface area (Å²) in [6.45, 7) is 6.70. The fourth-order valence-electron chi connectivity index (χ4n) is 3.09. The standard InChI is InChI=1S/C21H27N3/c1-21(2,3)18-11-9-14(10-12-18)16-5-4-6-17(13-16)19(15-7-8-15)24-20(22)23/h4-6,9-13,15,19H,7-8H2,1-3H3,(H4,22,23,24). The van der Waals surface area contributed by atoms with Crippen LogP contribution in [0, 0.1) is 5.92 Å². The molecule has 0 heterocycles. The van der Waals surface area contributed by atoms with Crippen molar-refractivity contribution in [1.29, 1.82) is 0 Å². The van der Waals surface area contributed by atoms with Gasteiger partial charge in [-0.3, -0.25) is 0 Å². The van der Waals surface area contributed by atoms with E-state index in [0.717, 1.165) is 0 Å². The van der Waals surface area contributed by atoms with E-state index < -0.39 is 0 Å². The van der Waals surface area contributed by atoms with Crippen LogP contribution in [0.2, 0.25) is 0 Å². The first-order chi connectivity index (χ1) is 11.3. The van der Waals surface area contributed by atoms with E-state index in [9.17, 15) is 0 Å². The van der Waals surface area contributed by atoms with Gasteiger partial charge in [0.25, 0.3) is 0 Å². The minimum Gasteiger partial charge on any atom is -0.370 e. The number of hydrogen-bond donors (Lipinski definition) is 2. The van der Waals surface area contributed by atoms with Crippen molar-refractivity contribution in [2.75, 3.05) is 0 Å². The molecular weight excluding hydrogens is 294 g/mol. The highest BCUT2D eigenvalue weighted by molar-refractivity contribution is 5.76. The number of benzene rings is 2. The molecule has 3 nitrogen and oxygen atoms in total. The number of rotatable bonds is 4. The van der Waals surface area contributed by atoms with Crippen molar-refractivity contribution < 1.29 is 0 Å². The first-order valence-electron chi connectivity index (χ1n) is 8.64. The van der Waals surface area contributed by atoms with Gasteiger partial charge in [-0.15, -0.1) is 0 Å². The third kappa shape index (κ3) is 3.78. The van der Waals surface area contributed by atoms with Crippen molar-refractivity contribution in [2.45, 2.75) is 45.1 Å². The van der Waals surface area contributed by atoms with Gasteiger partial charge in [0.2, 0.25) is 0 Å². The number of nitrogens with two attached hydrogens (primary N) is 2. The molecule has 3 rings (SSSR count). The van der Waals surface area contributed by atoms with Crippen LogP contribution < -0.4 is 11.5 Å². The van der Waals surface area contributed by atoms with E-state index in [4.69, 9.17) is 11.5 Å². The summed E-state index contributed by atoms with van der Waals surface area (Å²) in [6, 6.07) is 17.5. The zero-order chi connectivity index (χ0) is 17.3. The third-order valence-electron chi connectivity index (χ3n) is 4.67. The van der Waals surface area contributed by atoms with Gasteiger partial charge in [0.15, 0.2) is 5.96 Å². The molecule has 1 aliphatic carbocycles. The minimum absolute atomic E-state index is 0.0869. The van der Waals surface area contributed by atoms with Crippen molar-refractivity contribution in [2.24, 2.45) is 22.4 Å². The second kappa shape index (κ2) is 6.31. The van der Waals surface area contributed by atoms with Gasteiger partial charge in [-0.25, -0.2) is 4.99 Å². The first kappa shape index (κ1) is 16.6. The highest BCUT2D eigenvalue weighted by Crippen LogP contribution is 2.44. The molecule has 1 unspecified atom stereocenters. The Labute approximate surface area is 144 Å². The van der Waals surface area contributed by atoms with Gasteiger partial charge in [-0.05, 0) is 52.5 Å². The summed E-state index contributed by atoms with van der Waals surface area (Å²) >= 11 is 0. The predicted octanol–water partition coefficient (Wildman–Crippen LogP) is 4.38. The number of guanidine groups is 1. The van der Waals surface area contributed by atoms with Crippen LogP contribution in [0.15, 0.2) is 53.5 Å².